The molecule has 0 bridgehead atoms. The molecule has 0 amide bonds. The van der Waals surface area contributed by atoms with Crippen molar-refractivity contribution in [3.05, 3.63) is 0 Å². The lowest BCUT2D eigenvalue weighted by Crippen LogP contribution is -2.51. The van der Waals surface area contributed by atoms with Crippen LogP contribution in [0.5, 0.6) is 0 Å². The van der Waals surface area contributed by atoms with Gasteiger partial charge >= 0.3 is 0 Å². The van der Waals surface area contributed by atoms with E-state index in [1.165, 1.54) is 0 Å². The maximum Gasteiger partial charge on any atom is 0.160 e. The normalized spacial score (nSPS) is 21.5. The van der Waals surface area contributed by atoms with Crippen LogP contribution in [-0.4, -0.2) is 73.5 Å². The summed E-state index contributed by atoms with van der Waals surface area (Å²) in [5, 5.41) is 54.0. The van der Waals surface area contributed by atoms with Gasteiger partial charge in [0.1, 0.15) is 30.5 Å². The first-order chi connectivity index (χ1) is 6.82. The molecule has 1 unspecified atom stereocenters. The molecule has 0 aromatic rings. The molecule has 0 radical (unpaired) electrons. The van der Waals surface area contributed by atoms with Gasteiger partial charge in [0.05, 0.1) is 6.61 Å². The SMILES string of the molecule is CC(=O)C(O)[C@@H](O)[C@@H](O)[C@H](O)[C@H](O)CO. The van der Waals surface area contributed by atoms with Crippen LogP contribution in [0.1, 0.15) is 6.92 Å². The highest BCUT2D eigenvalue weighted by Gasteiger charge is 2.35. The van der Waals surface area contributed by atoms with Crippen molar-refractivity contribution in [1.82, 2.24) is 0 Å². The Hall–Kier alpha value is -0.570. The van der Waals surface area contributed by atoms with Gasteiger partial charge in [-0.05, 0) is 6.92 Å². The van der Waals surface area contributed by atoms with Crippen molar-refractivity contribution in [3.8, 4) is 0 Å². The molecule has 0 aliphatic rings. The topological polar surface area (TPSA) is 138 Å². The van der Waals surface area contributed by atoms with Crippen molar-refractivity contribution < 1.29 is 35.4 Å². The van der Waals surface area contributed by atoms with E-state index >= 15 is 0 Å². The highest BCUT2D eigenvalue weighted by molar-refractivity contribution is 5.80. The van der Waals surface area contributed by atoms with Gasteiger partial charge in [0.15, 0.2) is 5.78 Å². The molecular weight excluding hydrogens is 208 g/mol. The summed E-state index contributed by atoms with van der Waals surface area (Å²) in [5.41, 5.74) is 0. The number of aliphatic hydroxyl groups excluding tert-OH is 6. The Morgan fingerprint density at radius 1 is 1.00 bits per heavy atom. The third kappa shape index (κ3) is 3.82. The number of carbonyl (C=O) groups excluding carboxylic acids is 1. The molecule has 0 spiro atoms. The van der Waals surface area contributed by atoms with Gasteiger partial charge in [-0.3, -0.25) is 4.79 Å². The Kier molecular flexibility index (Phi) is 5.88. The van der Waals surface area contributed by atoms with E-state index in [0.717, 1.165) is 6.92 Å². The van der Waals surface area contributed by atoms with Crippen molar-refractivity contribution in [2.24, 2.45) is 0 Å². The number of carbonyl (C=O) groups is 1. The van der Waals surface area contributed by atoms with Gasteiger partial charge in [-0.1, -0.05) is 0 Å². The summed E-state index contributed by atoms with van der Waals surface area (Å²) < 4.78 is 0. The first-order valence-electron chi connectivity index (χ1n) is 4.34. The van der Waals surface area contributed by atoms with E-state index in [1.807, 2.05) is 0 Å². The van der Waals surface area contributed by atoms with Crippen LogP contribution in [-0.2, 0) is 4.79 Å². The van der Waals surface area contributed by atoms with Crippen LogP contribution in [0.2, 0.25) is 0 Å². The number of hydrogen-bond acceptors (Lipinski definition) is 7. The van der Waals surface area contributed by atoms with E-state index in [2.05, 4.69) is 0 Å². The summed E-state index contributed by atoms with van der Waals surface area (Å²) in [6, 6.07) is 0. The summed E-state index contributed by atoms with van der Waals surface area (Å²) in [5.74, 6) is -0.785. The van der Waals surface area contributed by atoms with Gasteiger partial charge in [0.2, 0.25) is 0 Å². The molecule has 0 saturated heterocycles. The zero-order chi connectivity index (χ0) is 12.2. The minimum atomic E-state index is -1.92. The molecule has 15 heavy (non-hydrogen) atoms. The van der Waals surface area contributed by atoms with Crippen LogP contribution in [0.25, 0.3) is 0 Å². The first kappa shape index (κ1) is 14.4. The van der Waals surface area contributed by atoms with Crippen LogP contribution in [0.15, 0.2) is 0 Å². The lowest BCUT2D eigenvalue weighted by molar-refractivity contribution is -0.154. The Morgan fingerprint density at radius 2 is 1.47 bits per heavy atom. The smallest absolute Gasteiger partial charge is 0.160 e. The standard InChI is InChI=1S/C8H16O7/c1-3(10)5(12)7(14)8(15)6(13)4(11)2-9/h4-9,11-15H,2H2,1H3/t4-,5?,6-,7-,8+/m1/s1. The maximum atomic E-state index is 10.6. The van der Waals surface area contributed by atoms with Crippen LogP contribution in [0.3, 0.4) is 0 Å². The molecule has 0 aromatic carbocycles. The lowest BCUT2D eigenvalue weighted by atomic mass is 9.98. The van der Waals surface area contributed by atoms with E-state index in [9.17, 15) is 15.0 Å². The average Bonchev–Trinajstić information content (AvgIpc) is 2.23. The van der Waals surface area contributed by atoms with Crippen molar-refractivity contribution in [3.63, 3.8) is 0 Å². The van der Waals surface area contributed by atoms with Crippen LogP contribution in [0.4, 0.5) is 0 Å². The second kappa shape index (κ2) is 6.11. The van der Waals surface area contributed by atoms with Crippen LogP contribution in [0, 0.1) is 0 Å². The summed E-state index contributed by atoms with van der Waals surface area (Å²) in [7, 11) is 0. The van der Waals surface area contributed by atoms with Crippen molar-refractivity contribution in [2.75, 3.05) is 6.61 Å². The Labute approximate surface area is 86.2 Å². The molecule has 0 rings (SSSR count). The molecule has 0 aromatic heterocycles. The minimum absolute atomic E-state index is 0.785. The van der Waals surface area contributed by atoms with Gasteiger partial charge in [-0.15, -0.1) is 0 Å². The molecule has 90 valence electrons. The Morgan fingerprint density at radius 3 is 1.80 bits per heavy atom. The summed E-state index contributed by atoms with van der Waals surface area (Å²) in [6.45, 7) is 0.177. The Bertz CT molecular complexity index is 207. The number of ketones is 1. The third-order valence-corrected chi connectivity index (χ3v) is 2.02. The Balaban J connectivity index is 4.42. The second-order valence-electron chi connectivity index (χ2n) is 3.28. The van der Waals surface area contributed by atoms with Gasteiger partial charge < -0.3 is 30.6 Å². The molecule has 0 saturated carbocycles. The van der Waals surface area contributed by atoms with Crippen molar-refractivity contribution in [2.45, 2.75) is 37.4 Å². The minimum Gasteiger partial charge on any atom is -0.394 e. The molecule has 0 fully saturated rings. The predicted molar refractivity (Wildman–Crippen MR) is 47.8 cm³/mol. The van der Waals surface area contributed by atoms with Gasteiger partial charge in [-0.25, -0.2) is 0 Å². The summed E-state index contributed by atoms with van der Waals surface area (Å²) >= 11 is 0. The molecule has 6 N–H and O–H groups in total. The van der Waals surface area contributed by atoms with Gasteiger partial charge in [0.25, 0.3) is 0 Å². The van der Waals surface area contributed by atoms with Crippen LogP contribution >= 0.6 is 0 Å². The summed E-state index contributed by atoms with van der Waals surface area (Å²) in [4.78, 5) is 10.6. The highest BCUT2D eigenvalue weighted by atomic mass is 16.4. The van der Waals surface area contributed by atoms with E-state index in [1.54, 1.807) is 0 Å². The number of aliphatic hydroxyl groups is 6. The molecule has 7 nitrogen and oxygen atoms in total. The maximum absolute atomic E-state index is 10.6. The quantitative estimate of drug-likeness (QED) is 0.274. The summed E-state index contributed by atoms with van der Waals surface area (Å²) in [6.07, 6.45) is -9.20. The number of Topliss-reactive ketones (excluding diaryl/α,β-unsaturated/α-hetero) is 1. The number of hydrogen-bond donors (Lipinski definition) is 6. The molecule has 0 aliphatic carbocycles. The van der Waals surface area contributed by atoms with E-state index < -0.39 is 42.9 Å². The van der Waals surface area contributed by atoms with Crippen LogP contribution < -0.4 is 0 Å². The van der Waals surface area contributed by atoms with Crippen molar-refractivity contribution in [1.29, 1.82) is 0 Å². The van der Waals surface area contributed by atoms with E-state index in [-0.39, 0.29) is 0 Å². The zero-order valence-corrected chi connectivity index (χ0v) is 8.19. The van der Waals surface area contributed by atoms with E-state index in [4.69, 9.17) is 20.4 Å². The van der Waals surface area contributed by atoms with Gasteiger partial charge in [0, 0.05) is 0 Å². The van der Waals surface area contributed by atoms with Gasteiger partial charge in [-0.2, -0.15) is 0 Å². The fourth-order valence-corrected chi connectivity index (χ4v) is 0.965. The fourth-order valence-electron chi connectivity index (χ4n) is 0.965. The molecule has 0 aliphatic heterocycles. The zero-order valence-electron chi connectivity index (χ0n) is 8.19. The molecule has 7 heteroatoms. The molecular formula is C8H16O7. The lowest BCUT2D eigenvalue weighted by Gasteiger charge is -2.27. The fraction of sp³-hybridized carbons (Fsp3) is 0.875. The monoisotopic (exact) mass is 224 g/mol. The number of rotatable bonds is 6. The van der Waals surface area contributed by atoms with E-state index in [0.29, 0.717) is 0 Å². The average molecular weight is 224 g/mol. The molecule has 5 atom stereocenters. The predicted octanol–water partition coefficient (Wildman–Crippen LogP) is -3.63. The second-order valence-corrected chi connectivity index (χ2v) is 3.28. The molecule has 0 heterocycles. The first-order valence-corrected chi connectivity index (χ1v) is 4.34. The van der Waals surface area contributed by atoms with Crippen molar-refractivity contribution >= 4 is 5.78 Å². The largest absolute Gasteiger partial charge is 0.394 e. The highest BCUT2D eigenvalue weighted by Crippen LogP contribution is 2.08. The third-order valence-electron chi connectivity index (χ3n) is 2.02.